The summed E-state index contributed by atoms with van der Waals surface area (Å²) in [5, 5.41) is 56.5. The Bertz CT molecular complexity index is 1280. The molecule has 5 unspecified atom stereocenters. The molecule has 7 rings (SSSR count). The van der Waals surface area contributed by atoms with E-state index in [1.807, 2.05) is 0 Å². The average Bonchev–Trinajstić information content (AvgIpc) is 3.50. The predicted octanol–water partition coefficient (Wildman–Crippen LogP) is -1.61. The van der Waals surface area contributed by atoms with Crippen molar-refractivity contribution >= 4 is 23.4 Å². The summed E-state index contributed by atoms with van der Waals surface area (Å²) in [4.78, 5) is 26.2. The van der Waals surface area contributed by atoms with E-state index < -0.39 is 83.3 Å². The zero-order valence-electron chi connectivity index (χ0n) is 18.6. The maximum absolute atomic E-state index is 13.3. The Balaban J connectivity index is 1.55. The van der Waals surface area contributed by atoms with E-state index in [1.165, 1.54) is 12.1 Å². The van der Waals surface area contributed by atoms with Gasteiger partial charge in [0.2, 0.25) is 0 Å². The first-order valence-electron chi connectivity index (χ1n) is 11.3. The van der Waals surface area contributed by atoms with Crippen LogP contribution in [0.25, 0.3) is 0 Å². The molecule has 5 N–H and O–H groups in total. The van der Waals surface area contributed by atoms with E-state index in [9.17, 15) is 35.1 Å². The molecule has 0 radical (unpaired) electrons. The van der Waals surface area contributed by atoms with E-state index in [0.717, 1.165) is 13.2 Å². The Morgan fingerprint density at radius 3 is 2.61 bits per heavy atom. The molecule has 3 aliphatic carbocycles. The highest BCUT2D eigenvalue weighted by Crippen LogP contribution is 2.71. The molecule has 1 aromatic rings. The molecule has 192 valence electrons. The van der Waals surface area contributed by atoms with E-state index in [4.69, 9.17) is 35.3 Å². The van der Waals surface area contributed by atoms with E-state index >= 15 is 0 Å². The number of methoxy groups -OCH3 is 1. The summed E-state index contributed by atoms with van der Waals surface area (Å²) in [6.07, 6.45) is -8.79. The molecule has 10 atom stereocenters. The van der Waals surface area contributed by atoms with E-state index in [2.05, 4.69) is 0 Å². The van der Waals surface area contributed by atoms with Crippen molar-refractivity contribution in [2.24, 2.45) is 0 Å². The Labute approximate surface area is 207 Å². The number of aliphatic hydroxyl groups is 5. The van der Waals surface area contributed by atoms with Crippen molar-refractivity contribution in [2.45, 2.75) is 65.6 Å². The number of aliphatic hydroxyl groups excluding tert-OH is 4. The van der Waals surface area contributed by atoms with Gasteiger partial charge in [0.15, 0.2) is 40.6 Å². The molecule has 36 heavy (non-hydrogen) atoms. The van der Waals surface area contributed by atoms with Gasteiger partial charge in [-0.05, 0) is 23.3 Å². The maximum atomic E-state index is 13.3. The molecule has 0 amide bonds. The first-order chi connectivity index (χ1) is 17.0. The zero-order valence-corrected chi connectivity index (χ0v) is 19.3. The summed E-state index contributed by atoms with van der Waals surface area (Å²) >= 11 is 6.51. The van der Waals surface area contributed by atoms with Gasteiger partial charge in [0, 0.05) is 30.2 Å². The summed E-state index contributed by atoms with van der Waals surface area (Å²) in [6, 6.07) is 2.73. The van der Waals surface area contributed by atoms with Crippen molar-refractivity contribution in [3.63, 3.8) is 0 Å². The smallest absolute Gasteiger partial charge is 0.339 e. The SMILES string of the molecule is CO[C@H]1C(=O)OC[C@H](O)c2cc(Cl)c3c(c2)C24O[C@]5(O)C(=CC(=O)C16OC65)OC2(C(O)C[C@H]4O)[C@@H]3O. The lowest BCUT2D eigenvalue weighted by atomic mass is 9.77. The number of hydrogen-bond acceptors (Lipinski definition) is 12. The van der Waals surface area contributed by atoms with Crippen LogP contribution < -0.4 is 0 Å². The van der Waals surface area contributed by atoms with Crippen LogP contribution in [-0.4, -0.2) is 92.4 Å². The molecule has 2 saturated heterocycles. The highest BCUT2D eigenvalue weighted by atomic mass is 35.5. The first-order valence-corrected chi connectivity index (χ1v) is 11.7. The lowest BCUT2D eigenvalue weighted by Crippen LogP contribution is -2.70. The van der Waals surface area contributed by atoms with Crippen LogP contribution in [0.2, 0.25) is 5.02 Å². The van der Waals surface area contributed by atoms with E-state index in [-0.39, 0.29) is 28.1 Å². The van der Waals surface area contributed by atoms with Crippen LogP contribution in [-0.2, 0) is 38.9 Å². The van der Waals surface area contributed by atoms with Gasteiger partial charge in [0.1, 0.15) is 24.9 Å². The number of epoxide rings is 1. The van der Waals surface area contributed by atoms with Crippen LogP contribution in [0.1, 0.15) is 35.3 Å². The summed E-state index contributed by atoms with van der Waals surface area (Å²) in [5.74, 6) is -4.86. The van der Waals surface area contributed by atoms with Crippen LogP contribution in [0.5, 0.6) is 0 Å². The number of benzene rings is 1. The van der Waals surface area contributed by atoms with Gasteiger partial charge in [-0.25, -0.2) is 4.79 Å². The fraction of sp³-hybridized carbons (Fsp3) is 0.565. The number of cyclic esters (lactones) is 1. The first kappa shape index (κ1) is 23.0. The zero-order chi connectivity index (χ0) is 25.6. The molecule has 1 spiro atoms. The Morgan fingerprint density at radius 1 is 1.14 bits per heavy atom. The second kappa shape index (κ2) is 6.65. The number of hydrogen-bond donors (Lipinski definition) is 5. The Kier molecular flexibility index (Phi) is 4.25. The third-order valence-electron chi connectivity index (χ3n) is 8.43. The quantitative estimate of drug-likeness (QED) is 0.209. The van der Waals surface area contributed by atoms with Crippen LogP contribution in [0.4, 0.5) is 0 Å². The Hall–Kier alpha value is -2.13. The molecular weight excluding hydrogens is 504 g/mol. The van der Waals surface area contributed by atoms with Crippen LogP contribution >= 0.6 is 11.6 Å². The largest absolute Gasteiger partial charge is 0.476 e. The van der Waals surface area contributed by atoms with E-state index in [0.29, 0.717) is 0 Å². The van der Waals surface area contributed by atoms with E-state index in [1.54, 1.807) is 0 Å². The van der Waals surface area contributed by atoms with Crippen LogP contribution in [0.15, 0.2) is 24.0 Å². The van der Waals surface area contributed by atoms with Crippen molar-refractivity contribution in [2.75, 3.05) is 13.7 Å². The number of ketones is 1. The molecule has 1 saturated carbocycles. The standard InChI is InChI=1S/C23H21ClO12/c1-32-17-18(30)33-6-10(25)7-2-8-15(9(24)3-7)16(29)22-13(28)4-12(27)21(8,22)36-23(31)14(34-22)5-11(26)20(17)19(23)35-20/h2-3,5,10,12-13,16-17,19,25,27-29,31H,4,6H2,1H3/t10-,12+,13?,16+,17-,19?,20?,21?,22?,23+/m0/s1. The van der Waals surface area contributed by atoms with Crippen LogP contribution in [0, 0.1) is 0 Å². The van der Waals surface area contributed by atoms with Gasteiger partial charge in [-0.3, -0.25) is 4.79 Å². The number of ether oxygens (including phenoxy) is 5. The number of halogens is 1. The van der Waals surface area contributed by atoms with Crippen molar-refractivity contribution in [3.8, 4) is 0 Å². The average molecular weight is 525 g/mol. The summed E-state index contributed by atoms with van der Waals surface area (Å²) in [7, 11) is 1.14. The molecular formula is C23H21ClO12. The molecule has 13 heteroatoms. The topological polar surface area (TPSA) is 185 Å². The van der Waals surface area contributed by atoms with Gasteiger partial charge >= 0.3 is 5.97 Å². The molecule has 5 bridgehead atoms. The van der Waals surface area contributed by atoms with Gasteiger partial charge < -0.3 is 49.2 Å². The second-order valence-corrected chi connectivity index (χ2v) is 10.4. The lowest BCUT2D eigenvalue weighted by molar-refractivity contribution is -0.386. The number of fused-ring (bicyclic) bond motifs is 1. The molecule has 6 aliphatic rings. The summed E-state index contributed by atoms with van der Waals surface area (Å²) in [5.41, 5.74) is -6.01. The van der Waals surface area contributed by atoms with Crippen LogP contribution in [0.3, 0.4) is 0 Å². The van der Waals surface area contributed by atoms with Gasteiger partial charge in [0.05, 0.1) is 6.10 Å². The molecule has 1 aromatic carbocycles. The Morgan fingerprint density at radius 2 is 1.89 bits per heavy atom. The minimum absolute atomic E-state index is 0.0456. The molecule has 12 nitrogen and oxygen atoms in total. The maximum Gasteiger partial charge on any atom is 0.339 e. The normalized spacial score (nSPS) is 49.8. The van der Waals surface area contributed by atoms with Gasteiger partial charge in [-0.1, -0.05) is 11.6 Å². The minimum atomic E-state index is -2.55. The third-order valence-corrected chi connectivity index (χ3v) is 8.74. The fourth-order valence-corrected chi connectivity index (χ4v) is 7.13. The molecule has 3 heterocycles. The second-order valence-electron chi connectivity index (χ2n) is 9.99. The number of carbonyl (C=O) groups is 2. The highest BCUT2D eigenvalue weighted by Gasteiger charge is 2.87. The number of rotatable bonds is 1. The summed E-state index contributed by atoms with van der Waals surface area (Å²) < 4.78 is 28.5. The van der Waals surface area contributed by atoms with Gasteiger partial charge in [-0.2, -0.15) is 0 Å². The monoisotopic (exact) mass is 524 g/mol. The predicted molar refractivity (Wildman–Crippen MR) is 112 cm³/mol. The lowest BCUT2D eigenvalue weighted by Gasteiger charge is -2.54. The fourth-order valence-electron chi connectivity index (χ4n) is 6.79. The highest BCUT2D eigenvalue weighted by molar-refractivity contribution is 6.31. The van der Waals surface area contributed by atoms with Gasteiger partial charge in [0.25, 0.3) is 5.79 Å². The summed E-state index contributed by atoms with van der Waals surface area (Å²) in [6.45, 7) is -0.558. The van der Waals surface area contributed by atoms with Crippen molar-refractivity contribution in [1.29, 1.82) is 0 Å². The van der Waals surface area contributed by atoms with Crippen molar-refractivity contribution in [3.05, 3.63) is 45.7 Å². The number of carbonyl (C=O) groups excluding carboxylic acids is 2. The molecule has 0 aromatic heterocycles. The molecule has 3 fully saturated rings. The van der Waals surface area contributed by atoms with Crippen molar-refractivity contribution in [1.82, 2.24) is 0 Å². The van der Waals surface area contributed by atoms with Crippen molar-refractivity contribution < 1.29 is 58.8 Å². The number of esters is 1. The third kappa shape index (κ3) is 2.19. The minimum Gasteiger partial charge on any atom is -0.476 e. The van der Waals surface area contributed by atoms with Gasteiger partial charge in [-0.15, -0.1) is 0 Å². The molecule has 3 aliphatic heterocycles.